The topological polar surface area (TPSA) is 109 Å². The van der Waals surface area contributed by atoms with E-state index in [1.165, 1.54) is 25.7 Å². The SMILES string of the molecule is CCCCCCCCCC(C#N)S(=O)(=O)N(CCCCCCCCC#N)CCCCCCCCC#N. The van der Waals surface area contributed by atoms with E-state index in [4.69, 9.17) is 10.5 Å². The van der Waals surface area contributed by atoms with Gasteiger partial charge in [0.1, 0.15) is 0 Å². The van der Waals surface area contributed by atoms with E-state index in [9.17, 15) is 13.7 Å². The molecule has 6 nitrogen and oxygen atoms in total. The summed E-state index contributed by atoms with van der Waals surface area (Å²) in [6.07, 6.45) is 21.3. The van der Waals surface area contributed by atoms with E-state index >= 15 is 0 Å². The smallest absolute Gasteiger partial charge is 0.211 e. The molecule has 0 N–H and O–H groups in total. The number of rotatable bonds is 26. The van der Waals surface area contributed by atoms with Gasteiger partial charge in [0.25, 0.3) is 0 Å². The van der Waals surface area contributed by atoms with Gasteiger partial charge in [0.15, 0.2) is 5.25 Å². The number of unbranched alkanes of at least 4 members (excludes halogenated alkanes) is 18. The average molecular weight is 521 g/mol. The van der Waals surface area contributed by atoms with Gasteiger partial charge in [-0.15, -0.1) is 0 Å². The van der Waals surface area contributed by atoms with E-state index in [1.54, 1.807) is 4.31 Å². The Morgan fingerprint density at radius 1 is 0.583 bits per heavy atom. The quantitative estimate of drug-likeness (QED) is 0.107. The summed E-state index contributed by atoms with van der Waals surface area (Å²) in [5, 5.41) is 26.0. The molecule has 0 saturated carbocycles. The van der Waals surface area contributed by atoms with Crippen molar-refractivity contribution in [2.75, 3.05) is 13.1 Å². The molecule has 0 aromatic heterocycles. The molecule has 206 valence electrons. The third kappa shape index (κ3) is 18.6. The predicted molar refractivity (Wildman–Crippen MR) is 148 cm³/mol. The predicted octanol–water partition coefficient (Wildman–Crippen LogP) is 8.16. The first-order chi connectivity index (χ1) is 17.5. The van der Waals surface area contributed by atoms with Gasteiger partial charge in [-0.2, -0.15) is 15.8 Å². The minimum absolute atomic E-state index is 0.431. The lowest BCUT2D eigenvalue weighted by molar-refractivity contribution is 0.379. The van der Waals surface area contributed by atoms with Crippen molar-refractivity contribution in [2.24, 2.45) is 0 Å². The van der Waals surface area contributed by atoms with Crippen molar-refractivity contribution in [1.29, 1.82) is 15.8 Å². The van der Waals surface area contributed by atoms with Crippen LogP contribution in [0.3, 0.4) is 0 Å². The Labute approximate surface area is 223 Å². The van der Waals surface area contributed by atoms with Crippen molar-refractivity contribution in [1.82, 2.24) is 4.31 Å². The summed E-state index contributed by atoms with van der Waals surface area (Å²) < 4.78 is 28.4. The molecular formula is C29H52N4O2S. The van der Waals surface area contributed by atoms with Gasteiger partial charge < -0.3 is 0 Å². The van der Waals surface area contributed by atoms with Crippen LogP contribution in [0.4, 0.5) is 0 Å². The van der Waals surface area contributed by atoms with Crippen LogP contribution in [0.25, 0.3) is 0 Å². The Morgan fingerprint density at radius 2 is 0.972 bits per heavy atom. The largest absolute Gasteiger partial charge is 0.230 e. The second-order valence-electron chi connectivity index (χ2n) is 10.0. The molecule has 0 aliphatic carbocycles. The van der Waals surface area contributed by atoms with Gasteiger partial charge in [-0.1, -0.05) is 103 Å². The average Bonchev–Trinajstić information content (AvgIpc) is 2.87. The minimum atomic E-state index is -3.62. The molecule has 0 saturated heterocycles. The van der Waals surface area contributed by atoms with Gasteiger partial charge in [-0.05, 0) is 32.1 Å². The van der Waals surface area contributed by atoms with E-state index in [-0.39, 0.29) is 0 Å². The number of hydrogen-bond acceptors (Lipinski definition) is 5. The van der Waals surface area contributed by atoms with Crippen LogP contribution in [0.2, 0.25) is 0 Å². The molecular weight excluding hydrogens is 468 g/mol. The van der Waals surface area contributed by atoms with Crippen molar-refractivity contribution < 1.29 is 8.42 Å². The van der Waals surface area contributed by atoms with Crippen molar-refractivity contribution >= 4 is 10.0 Å². The summed E-state index contributed by atoms with van der Waals surface area (Å²) in [6, 6.07) is 6.46. The molecule has 0 bridgehead atoms. The van der Waals surface area contributed by atoms with Crippen LogP contribution in [0, 0.1) is 34.0 Å². The molecule has 0 aliphatic rings. The summed E-state index contributed by atoms with van der Waals surface area (Å²) in [5.41, 5.74) is 0. The van der Waals surface area contributed by atoms with Gasteiger partial charge in [0.2, 0.25) is 10.0 Å². The molecule has 1 atom stereocenters. The van der Waals surface area contributed by atoms with Crippen LogP contribution in [0.15, 0.2) is 0 Å². The zero-order chi connectivity index (χ0) is 26.7. The first kappa shape index (κ1) is 34.4. The lowest BCUT2D eigenvalue weighted by Gasteiger charge is -2.25. The Balaban J connectivity index is 4.66. The third-order valence-electron chi connectivity index (χ3n) is 6.83. The Hall–Kier alpha value is -1.62. The Morgan fingerprint density at radius 3 is 1.39 bits per heavy atom. The molecule has 0 fully saturated rings. The third-order valence-corrected chi connectivity index (χ3v) is 8.97. The van der Waals surface area contributed by atoms with Crippen molar-refractivity contribution in [3.05, 3.63) is 0 Å². The Bertz CT molecular complexity index is 704. The number of nitriles is 3. The molecule has 0 aromatic rings. The van der Waals surface area contributed by atoms with Crippen LogP contribution in [-0.2, 0) is 10.0 Å². The first-order valence-corrected chi connectivity index (χ1v) is 16.2. The van der Waals surface area contributed by atoms with E-state index in [0.29, 0.717) is 32.4 Å². The lowest BCUT2D eigenvalue weighted by atomic mass is 10.1. The van der Waals surface area contributed by atoms with Gasteiger partial charge in [0.05, 0.1) is 18.2 Å². The second-order valence-corrected chi connectivity index (χ2v) is 12.1. The van der Waals surface area contributed by atoms with Crippen LogP contribution < -0.4 is 0 Å². The zero-order valence-corrected chi connectivity index (χ0v) is 23.9. The maximum absolute atomic E-state index is 13.4. The normalized spacial score (nSPS) is 12.2. The first-order valence-electron chi connectivity index (χ1n) is 14.7. The minimum Gasteiger partial charge on any atom is -0.211 e. The highest BCUT2D eigenvalue weighted by atomic mass is 32.2. The highest BCUT2D eigenvalue weighted by Gasteiger charge is 2.31. The molecule has 0 heterocycles. The highest BCUT2D eigenvalue weighted by molar-refractivity contribution is 7.90. The summed E-state index contributed by atoms with van der Waals surface area (Å²) in [7, 11) is -3.62. The zero-order valence-electron chi connectivity index (χ0n) is 23.1. The summed E-state index contributed by atoms with van der Waals surface area (Å²) in [5.74, 6) is 0. The van der Waals surface area contributed by atoms with Gasteiger partial charge in [0, 0.05) is 25.9 Å². The van der Waals surface area contributed by atoms with E-state index in [1.807, 2.05) is 0 Å². The number of nitrogens with zero attached hydrogens (tertiary/aromatic N) is 4. The maximum atomic E-state index is 13.4. The van der Waals surface area contributed by atoms with Crippen molar-refractivity contribution in [2.45, 2.75) is 153 Å². The summed E-state index contributed by atoms with van der Waals surface area (Å²) in [4.78, 5) is 0. The standard InChI is InChI=1S/C29H52N4O2S/c1-2-3-4-5-8-13-18-23-29(28-32)36(34,35)33(26-21-16-11-6-9-14-19-24-30)27-22-17-12-7-10-15-20-25-31/h29H,2-23,26-27H2,1H3. The molecule has 1 unspecified atom stereocenters. The fraction of sp³-hybridized carbons (Fsp3) is 0.897. The summed E-state index contributed by atoms with van der Waals surface area (Å²) >= 11 is 0. The van der Waals surface area contributed by atoms with Crippen molar-refractivity contribution in [3.63, 3.8) is 0 Å². The molecule has 36 heavy (non-hydrogen) atoms. The monoisotopic (exact) mass is 520 g/mol. The van der Waals surface area contributed by atoms with Crippen molar-refractivity contribution in [3.8, 4) is 18.2 Å². The van der Waals surface area contributed by atoms with Crippen LogP contribution in [0.5, 0.6) is 0 Å². The molecule has 0 radical (unpaired) electrons. The summed E-state index contributed by atoms with van der Waals surface area (Å²) in [6.45, 7) is 3.19. The van der Waals surface area contributed by atoms with Gasteiger partial charge >= 0.3 is 0 Å². The maximum Gasteiger partial charge on any atom is 0.230 e. The number of hydrogen-bond donors (Lipinski definition) is 0. The Kier molecular flexibility index (Phi) is 23.9. The molecule has 0 aromatic carbocycles. The molecule has 0 spiro atoms. The molecule has 0 amide bonds. The van der Waals surface area contributed by atoms with Gasteiger partial charge in [-0.25, -0.2) is 12.7 Å². The van der Waals surface area contributed by atoms with E-state index in [2.05, 4.69) is 25.1 Å². The molecule has 7 heteroatoms. The van der Waals surface area contributed by atoms with Crippen LogP contribution >= 0.6 is 0 Å². The number of sulfonamides is 1. The fourth-order valence-corrected chi connectivity index (χ4v) is 6.24. The van der Waals surface area contributed by atoms with Crippen LogP contribution in [-0.4, -0.2) is 31.1 Å². The van der Waals surface area contributed by atoms with E-state index < -0.39 is 15.3 Å². The molecule has 0 rings (SSSR count). The highest BCUT2D eigenvalue weighted by Crippen LogP contribution is 2.19. The second kappa shape index (κ2) is 25.0. The van der Waals surface area contributed by atoms with Gasteiger partial charge in [-0.3, -0.25) is 0 Å². The lowest BCUT2D eigenvalue weighted by Crippen LogP contribution is -2.39. The fourth-order valence-electron chi connectivity index (χ4n) is 4.51. The van der Waals surface area contributed by atoms with Crippen LogP contribution in [0.1, 0.15) is 148 Å². The molecule has 0 aliphatic heterocycles. The van der Waals surface area contributed by atoms with E-state index in [0.717, 1.165) is 96.3 Å².